The van der Waals surface area contributed by atoms with E-state index in [0.717, 1.165) is 24.4 Å². The first-order valence-electron chi connectivity index (χ1n) is 11.1. The standard InChI is InChI=1S/C23H24Cl2F3N3O3S/c1-31(22(32)13-6-8-35(33,34)9-7-13)21(23(26,27)28)15-3-5-19(29-12-15)30-16-10-14-2-4-18(24)20(25)17(14)11-16/h2-5,12-13,16,21H,6-11H2,1H3,(H,29,30). The highest BCUT2D eigenvalue weighted by atomic mass is 35.5. The molecular weight excluding hydrogens is 526 g/mol. The number of hydrogen-bond acceptors (Lipinski definition) is 5. The third-order valence-electron chi connectivity index (χ3n) is 6.61. The molecule has 1 saturated heterocycles. The molecule has 35 heavy (non-hydrogen) atoms. The molecule has 0 radical (unpaired) electrons. The van der Waals surface area contributed by atoms with Gasteiger partial charge < -0.3 is 10.2 Å². The Morgan fingerprint density at radius 1 is 1.14 bits per heavy atom. The summed E-state index contributed by atoms with van der Waals surface area (Å²) in [4.78, 5) is 17.6. The van der Waals surface area contributed by atoms with Gasteiger partial charge in [-0.1, -0.05) is 35.3 Å². The van der Waals surface area contributed by atoms with Crippen LogP contribution in [-0.4, -0.2) is 55.0 Å². The van der Waals surface area contributed by atoms with E-state index in [1.165, 1.54) is 12.1 Å². The predicted molar refractivity (Wildman–Crippen MR) is 128 cm³/mol. The maximum absolute atomic E-state index is 14.0. The molecule has 0 saturated carbocycles. The Balaban J connectivity index is 1.46. The van der Waals surface area contributed by atoms with Crippen LogP contribution in [0.25, 0.3) is 0 Å². The summed E-state index contributed by atoms with van der Waals surface area (Å²) in [6, 6.07) is 4.17. The predicted octanol–water partition coefficient (Wildman–Crippen LogP) is 4.85. The number of aromatic nitrogens is 1. The lowest BCUT2D eigenvalue weighted by Crippen LogP contribution is -2.44. The molecule has 4 rings (SSSR count). The maximum Gasteiger partial charge on any atom is 0.413 e. The summed E-state index contributed by atoms with van der Waals surface area (Å²) in [6.45, 7) is 0. The average molecular weight is 550 g/mol. The number of rotatable bonds is 5. The summed E-state index contributed by atoms with van der Waals surface area (Å²) in [5.41, 5.74) is 1.83. The van der Waals surface area contributed by atoms with Gasteiger partial charge in [0.15, 0.2) is 6.04 Å². The monoisotopic (exact) mass is 549 g/mol. The van der Waals surface area contributed by atoms with Gasteiger partial charge in [0, 0.05) is 30.8 Å². The zero-order valence-electron chi connectivity index (χ0n) is 18.8. The topological polar surface area (TPSA) is 79.4 Å². The minimum absolute atomic E-state index is 0.0240. The Kier molecular flexibility index (Phi) is 7.28. The summed E-state index contributed by atoms with van der Waals surface area (Å²) in [5.74, 6) is -1.46. The normalized spacial score (nSPS) is 20.8. The van der Waals surface area contributed by atoms with Crippen molar-refractivity contribution in [2.75, 3.05) is 23.9 Å². The highest BCUT2D eigenvalue weighted by molar-refractivity contribution is 7.91. The first-order valence-corrected chi connectivity index (χ1v) is 13.7. The van der Waals surface area contributed by atoms with Crippen LogP contribution in [0.1, 0.15) is 35.6 Å². The summed E-state index contributed by atoms with van der Waals surface area (Å²) in [6.07, 6.45) is -2.29. The van der Waals surface area contributed by atoms with E-state index in [9.17, 15) is 26.4 Å². The number of carbonyl (C=O) groups is 1. The van der Waals surface area contributed by atoms with Crippen LogP contribution in [0.2, 0.25) is 10.0 Å². The number of sulfone groups is 1. The molecule has 0 bridgehead atoms. The molecular formula is C23H24Cl2F3N3O3S. The van der Waals surface area contributed by atoms with Crippen molar-refractivity contribution >= 4 is 44.8 Å². The van der Waals surface area contributed by atoms with E-state index >= 15 is 0 Å². The molecule has 2 atom stereocenters. The molecule has 2 aliphatic rings. The molecule has 0 spiro atoms. The second-order valence-corrected chi connectivity index (χ2v) is 12.1. The highest BCUT2D eigenvalue weighted by Crippen LogP contribution is 2.39. The van der Waals surface area contributed by atoms with Crippen LogP contribution < -0.4 is 5.32 Å². The van der Waals surface area contributed by atoms with Crippen molar-refractivity contribution in [2.24, 2.45) is 5.92 Å². The van der Waals surface area contributed by atoms with Gasteiger partial charge in [-0.25, -0.2) is 13.4 Å². The molecule has 1 fully saturated rings. The number of benzene rings is 1. The Morgan fingerprint density at radius 3 is 2.43 bits per heavy atom. The zero-order chi connectivity index (χ0) is 25.5. The molecule has 2 unspecified atom stereocenters. The summed E-state index contributed by atoms with van der Waals surface area (Å²) >= 11 is 12.4. The number of hydrogen-bond donors (Lipinski definition) is 1. The highest BCUT2D eigenvalue weighted by Gasteiger charge is 2.47. The second-order valence-electron chi connectivity index (χ2n) is 9.04. The number of pyridine rings is 1. The van der Waals surface area contributed by atoms with Crippen LogP contribution >= 0.6 is 23.2 Å². The molecule has 1 aromatic carbocycles. The Bertz CT molecular complexity index is 1210. The van der Waals surface area contributed by atoms with Crippen LogP contribution in [0.4, 0.5) is 19.0 Å². The van der Waals surface area contributed by atoms with Crippen LogP contribution in [-0.2, 0) is 27.5 Å². The van der Waals surface area contributed by atoms with Crippen molar-refractivity contribution in [3.63, 3.8) is 0 Å². The minimum atomic E-state index is -4.73. The van der Waals surface area contributed by atoms with E-state index in [1.807, 2.05) is 6.07 Å². The van der Waals surface area contributed by atoms with Crippen LogP contribution in [0, 0.1) is 5.92 Å². The second kappa shape index (κ2) is 9.78. The lowest BCUT2D eigenvalue weighted by atomic mass is 9.99. The number of alkyl halides is 3. The van der Waals surface area contributed by atoms with Crippen molar-refractivity contribution in [3.8, 4) is 0 Å². The molecule has 1 amide bonds. The number of nitrogens with zero attached hydrogens (tertiary/aromatic N) is 2. The SMILES string of the molecule is CN(C(=O)C1CCS(=O)(=O)CC1)C(c1ccc(NC2Cc3ccc(Cl)c(Cl)c3C2)nc1)C(F)(F)F. The van der Waals surface area contributed by atoms with Gasteiger partial charge in [-0.05, 0) is 48.9 Å². The molecule has 1 aromatic heterocycles. The molecule has 1 aliphatic carbocycles. The van der Waals surface area contributed by atoms with Gasteiger partial charge in [0.05, 0.1) is 21.6 Å². The number of fused-ring (bicyclic) bond motifs is 1. The number of carbonyl (C=O) groups excluding carboxylic acids is 1. The van der Waals surface area contributed by atoms with Crippen molar-refractivity contribution in [2.45, 2.75) is 43.9 Å². The van der Waals surface area contributed by atoms with E-state index < -0.39 is 33.9 Å². The number of anilines is 1. The third-order valence-corrected chi connectivity index (χ3v) is 9.17. The van der Waals surface area contributed by atoms with Gasteiger partial charge >= 0.3 is 6.18 Å². The first-order chi connectivity index (χ1) is 16.4. The average Bonchev–Trinajstić information content (AvgIpc) is 3.19. The molecule has 1 aliphatic heterocycles. The number of amides is 1. The lowest BCUT2D eigenvalue weighted by Gasteiger charge is -2.33. The van der Waals surface area contributed by atoms with E-state index in [2.05, 4.69) is 10.3 Å². The molecule has 190 valence electrons. The summed E-state index contributed by atoms with van der Waals surface area (Å²) in [5, 5.41) is 4.20. The maximum atomic E-state index is 14.0. The van der Waals surface area contributed by atoms with Gasteiger partial charge in [-0.3, -0.25) is 4.79 Å². The molecule has 2 aromatic rings. The van der Waals surface area contributed by atoms with Crippen LogP contribution in [0.3, 0.4) is 0 Å². The van der Waals surface area contributed by atoms with Gasteiger partial charge in [-0.15, -0.1) is 0 Å². The van der Waals surface area contributed by atoms with Crippen molar-refractivity contribution in [1.29, 1.82) is 0 Å². The van der Waals surface area contributed by atoms with Crippen LogP contribution in [0.15, 0.2) is 30.5 Å². The van der Waals surface area contributed by atoms with Crippen LogP contribution in [0.5, 0.6) is 0 Å². The van der Waals surface area contributed by atoms with Crippen molar-refractivity contribution in [3.05, 3.63) is 57.2 Å². The van der Waals surface area contributed by atoms with E-state index in [-0.39, 0.29) is 36.0 Å². The summed E-state index contributed by atoms with van der Waals surface area (Å²) in [7, 11) is -2.14. The van der Waals surface area contributed by atoms with Crippen molar-refractivity contribution in [1.82, 2.24) is 9.88 Å². The minimum Gasteiger partial charge on any atom is -0.367 e. The van der Waals surface area contributed by atoms with Gasteiger partial charge in [0.25, 0.3) is 0 Å². The molecule has 1 N–H and O–H groups in total. The Hall–Kier alpha value is -2.04. The smallest absolute Gasteiger partial charge is 0.367 e. The number of nitrogens with one attached hydrogen (secondary N) is 1. The molecule has 6 nitrogen and oxygen atoms in total. The summed E-state index contributed by atoms with van der Waals surface area (Å²) < 4.78 is 65.2. The molecule has 12 heteroatoms. The Labute approximate surface area is 211 Å². The fourth-order valence-corrected chi connectivity index (χ4v) is 6.71. The van der Waals surface area contributed by atoms with Gasteiger partial charge in [-0.2, -0.15) is 13.2 Å². The lowest BCUT2D eigenvalue weighted by molar-refractivity contribution is -0.190. The fraction of sp³-hybridized carbons (Fsp3) is 0.478. The molecule has 2 heterocycles. The van der Waals surface area contributed by atoms with E-state index in [1.54, 1.807) is 6.07 Å². The third kappa shape index (κ3) is 5.70. The zero-order valence-corrected chi connectivity index (χ0v) is 21.1. The fourth-order valence-electron chi connectivity index (χ4n) is 4.78. The first kappa shape index (κ1) is 26.0. The van der Waals surface area contributed by atoms with E-state index in [0.29, 0.717) is 33.6 Å². The quantitative estimate of drug-likeness (QED) is 0.576. The van der Waals surface area contributed by atoms with Crippen molar-refractivity contribution < 1.29 is 26.4 Å². The number of halogens is 5. The van der Waals surface area contributed by atoms with Gasteiger partial charge in [0.1, 0.15) is 15.7 Å². The van der Waals surface area contributed by atoms with E-state index in [4.69, 9.17) is 23.2 Å². The van der Waals surface area contributed by atoms with Gasteiger partial charge in [0.2, 0.25) is 5.91 Å². The Morgan fingerprint density at radius 2 is 1.83 bits per heavy atom. The largest absolute Gasteiger partial charge is 0.413 e.